The zero-order valence-electron chi connectivity index (χ0n) is 5.67. The van der Waals surface area contributed by atoms with E-state index in [0.29, 0.717) is 6.10 Å². The van der Waals surface area contributed by atoms with Crippen molar-refractivity contribution in [2.75, 3.05) is 20.3 Å². The van der Waals surface area contributed by atoms with Crippen molar-refractivity contribution in [1.82, 2.24) is 0 Å². The molecular formula is C7H12O2. The lowest BCUT2D eigenvalue weighted by atomic mass is 10.3. The molecule has 1 atom stereocenters. The Hall–Kier alpha value is -0.520. The van der Waals surface area contributed by atoms with Crippen molar-refractivity contribution in [3.05, 3.63) is 0 Å². The average Bonchev–Trinajstić information content (AvgIpc) is 2.43. The molecule has 1 aliphatic rings. The van der Waals surface area contributed by atoms with E-state index in [9.17, 15) is 0 Å². The SMILES string of the molecule is C#C.CO[C@@H]1CCOC1. The molecule has 1 aliphatic heterocycles. The van der Waals surface area contributed by atoms with Gasteiger partial charge in [-0.25, -0.2) is 0 Å². The molecule has 0 radical (unpaired) electrons. The number of hydrogen-bond acceptors (Lipinski definition) is 2. The monoisotopic (exact) mass is 128 g/mol. The molecule has 0 amide bonds. The molecule has 0 aliphatic carbocycles. The summed E-state index contributed by atoms with van der Waals surface area (Å²) in [6.45, 7) is 1.66. The van der Waals surface area contributed by atoms with E-state index in [1.807, 2.05) is 0 Å². The standard InChI is InChI=1S/C5H10O2.C2H2/c1-6-5-2-3-7-4-5;1-2/h5H,2-4H2,1H3;1-2H/t5-;/m1./s1. The summed E-state index contributed by atoms with van der Waals surface area (Å²) in [5.74, 6) is 0. The van der Waals surface area contributed by atoms with Gasteiger partial charge in [0.15, 0.2) is 0 Å². The van der Waals surface area contributed by atoms with Gasteiger partial charge in [0.2, 0.25) is 0 Å². The molecule has 0 N–H and O–H groups in total. The number of terminal acetylenes is 1. The molecule has 1 fully saturated rings. The van der Waals surface area contributed by atoms with Crippen molar-refractivity contribution >= 4 is 0 Å². The van der Waals surface area contributed by atoms with Crippen molar-refractivity contribution < 1.29 is 9.47 Å². The Labute approximate surface area is 56.2 Å². The van der Waals surface area contributed by atoms with E-state index < -0.39 is 0 Å². The van der Waals surface area contributed by atoms with E-state index in [1.54, 1.807) is 7.11 Å². The first-order valence-corrected chi connectivity index (χ1v) is 2.87. The zero-order valence-corrected chi connectivity index (χ0v) is 5.67. The van der Waals surface area contributed by atoms with Crippen LogP contribution in [-0.4, -0.2) is 26.4 Å². The van der Waals surface area contributed by atoms with Crippen LogP contribution in [0.1, 0.15) is 6.42 Å². The molecule has 0 spiro atoms. The second-order valence-electron chi connectivity index (χ2n) is 1.72. The Bertz CT molecular complexity index is 72.2. The van der Waals surface area contributed by atoms with Crippen LogP contribution in [0.3, 0.4) is 0 Å². The zero-order chi connectivity index (χ0) is 7.11. The second-order valence-corrected chi connectivity index (χ2v) is 1.72. The summed E-state index contributed by atoms with van der Waals surface area (Å²) in [5.41, 5.74) is 0. The molecule has 0 saturated carbocycles. The lowest BCUT2D eigenvalue weighted by molar-refractivity contribution is 0.0822. The second kappa shape index (κ2) is 5.61. The first-order chi connectivity index (χ1) is 4.43. The van der Waals surface area contributed by atoms with E-state index in [4.69, 9.17) is 9.47 Å². The summed E-state index contributed by atoms with van der Waals surface area (Å²) in [5, 5.41) is 0. The third-order valence-corrected chi connectivity index (χ3v) is 1.22. The summed E-state index contributed by atoms with van der Waals surface area (Å²) in [6.07, 6.45) is 9.44. The molecule has 1 rings (SSSR count). The summed E-state index contributed by atoms with van der Waals surface area (Å²) in [7, 11) is 1.72. The van der Waals surface area contributed by atoms with Crippen LogP contribution in [0.2, 0.25) is 0 Å². The average molecular weight is 128 g/mol. The first-order valence-electron chi connectivity index (χ1n) is 2.87. The highest BCUT2D eigenvalue weighted by molar-refractivity contribution is 4.60. The molecule has 0 bridgehead atoms. The van der Waals surface area contributed by atoms with Gasteiger partial charge < -0.3 is 9.47 Å². The van der Waals surface area contributed by atoms with Gasteiger partial charge >= 0.3 is 0 Å². The fourth-order valence-corrected chi connectivity index (χ4v) is 0.699. The van der Waals surface area contributed by atoms with Crippen molar-refractivity contribution in [2.45, 2.75) is 12.5 Å². The topological polar surface area (TPSA) is 18.5 Å². The van der Waals surface area contributed by atoms with Crippen molar-refractivity contribution in [2.24, 2.45) is 0 Å². The predicted molar refractivity (Wildman–Crippen MR) is 36.1 cm³/mol. The van der Waals surface area contributed by atoms with Crippen LogP contribution in [0.5, 0.6) is 0 Å². The van der Waals surface area contributed by atoms with Crippen LogP contribution in [0.15, 0.2) is 0 Å². The molecule has 2 nitrogen and oxygen atoms in total. The Kier molecular flexibility index (Phi) is 5.29. The number of methoxy groups -OCH3 is 1. The first kappa shape index (κ1) is 8.48. The normalized spacial score (nSPS) is 24.6. The maximum atomic E-state index is 5.02. The van der Waals surface area contributed by atoms with E-state index in [0.717, 1.165) is 19.6 Å². The van der Waals surface area contributed by atoms with Crippen LogP contribution in [0.4, 0.5) is 0 Å². The van der Waals surface area contributed by atoms with E-state index in [1.165, 1.54) is 0 Å². The minimum Gasteiger partial charge on any atom is -0.379 e. The predicted octanol–water partition coefficient (Wildman–Crippen LogP) is 0.671. The quantitative estimate of drug-likeness (QED) is 0.483. The van der Waals surface area contributed by atoms with Crippen molar-refractivity contribution in [1.29, 1.82) is 0 Å². The molecule has 0 aromatic carbocycles. The highest BCUT2D eigenvalue weighted by Crippen LogP contribution is 2.05. The highest BCUT2D eigenvalue weighted by atomic mass is 16.5. The van der Waals surface area contributed by atoms with Crippen LogP contribution in [0, 0.1) is 12.8 Å². The van der Waals surface area contributed by atoms with Crippen molar-refractivity contribution in [3.63, 3.8) is 0 Å². The molecule has 0 aromatic rings. The van der Waals surface area contributed by atoms with Crippen molar-refractivity contribution in [3.8, 4) is 12.8 Å². The maximum Gasteiger partial charge on any atom is 0.0826 e. The van der Waals surface area contributed by atoms with Crippen LogP contribution < -0.4 is 0 Å². The summed E-state index contributed by atoms with van der Waals surface area (Å²) >= 11 is 0. The molecule has 1 saturated heterocycles. The summed E-state index contributed by atoms with van der Waals surface area (Å²) < 4.78 is 10.0. The smallest absolute Gasteiger partial charge is 0.0826 e. The van der Waals surface area contributed by atoms with Crippen LogP contribution in [0.25, 0.3) is 0 Å². The van der Waals surface area contributed by atoms with Gasteiger partial charge in [0.05, 0.1) is 12.7 Å². The molecule has 9 heavy (non-hydrogen) atoms. The fourth-order valence-electron chi connectivity index (χ4n) is 0.699. The molecular weight excluding hydrogens is 116 g/mol. The van der Waals surface area contributed by atoms with E-state index in [2.05, 4.69) is 12.8 Å². The summed E-state index contributed by atoms with van der Waals surface area (Å²) in [4.78, 5) is 0. The maximum absolute atomic E-state index is 5.02. The Morgan fingerprint density at radius 2 is 2.22 bits per heavy atom. The fraction of sp³-hybridized carbons (Fsp3) is 0.714. The third-order valence-electron chi connectivity index (χ3n) is 1.22. The lowest BCUT2D eigenvalue weighted by Gasteiger charge is -2.00. The van der Waals surface area contributed by atoms with Gasteiger partial charge in [0.1, 0.15) is 0 Å². The third kappa shape index (κ3) is 3.12. The lowest BCUT2D eigenvalue weighted by Crippen LogP contribution is -2.07. The minimum atomic E-state index is 0.375. The van der Waals surface area contributed by atoms with Crippen LogP contribution >= 0.6 is 0 Å². The summed E-state index contributed by atoms with van der Waals surface area (Å²) in [6, 6.07) is 0. The van der Waals surface area contributed by atoms with Gasteiger partial charge in [-0.05, 0) is 6.42 Å². The number of ether oxygens (including phenoxy) is 2. The largest absolute Gasteiger partial charge is 0.379 e. The Morgan fingerprint density at radius 3 is 2.44 bits per heavy atom. The van der Waals surface area contributed by atoms with E-state index >= 15 is 0 Å². The van der Waals surface area contributed by atoms with Gasteiger partial charge in [0.25, 0.3) is 0 Å². The van der Waals surface area contributed by atoms with Gasteiger partial charge in [-0.2, -0.15) is 0 Å². The van der Waals surface area contributed by atoms with Gasteiger partial charge in [0, 0.05) is 13.7 Å². The molecule has 0 aromatic heterocycles. The van der Waals surface area contributed by atoms with Gasteiger partial charge in [-0.3, -0.25) is 0 Å². The molecule has 0 unspecified atom stereocenters. The van der Waals surface area contributed by atoms with Gasteiger partial charge in [-0.15, -0.1) is 12.8 Å². The Morgan fingerprint density at radius 1 is 1.56 bits per heavy atom. The van der Waals surface area contributed by atoms with Gasteiger partial charge in [-0.1, -0.05) is 0 Å². The molecule has 52 valence electrons. The minimum absolute atomic E-state index is 0.375. The number of rotatable bonds is 1. The van der Waals surface area contributed by atoms with Crippen LogP contribution in [-0.2, 0) is 9.47 Å². The van der Waals surface area contributed by atoms with E-state index in [-0.39, 0.29) is 0 Å². The highest BCUT2D eigenvalue weighted by Gasteiger charge is 2.12. The molecule has 2 heteroatoms. The number of hydrogen-bond donors (Lipinski definition) is 0. The molecule has 1 heterocycles. The Balaban J connectivity index is 0.000000291.